The van der Waals surface area contributed by atoms with Gasteiger partial charge >= 0.3 is 0 Å². The largest absolute Gasteiger partial charge is 0.396 e. The third kappa shape index (κ3) is 4.12. The number of anilines is 1. The lowest BCUT2D eigenvalue weighted by Crippen LogP contribution is -2.54. The molecule has 1 heterocycles. The molecule has 0 spiro atoms. The summed E-state index contributed by atoms with van der Waals surface area (Å²) in [5, 5.41) is 22.8. The van der Waals surface area contributed by atoms with E-state index in [1.807, 2.05) is 11.8 Å². The number of nitrogens with zero attached hydrogens (tertiary/aromatic N) is 1. The molecule has 5 nitrogen and oxygen atoms in total. The highest BCUT2D eigenvalue weighted by Crippen LogP contribution is 2.35. The average Bonchev–Trinajstić information content (AvgIpc) is 2.55. The van der Waals surface area contributed by atoms with Crippen LogP contribution in [0.25, 0.3) is 0 Å². The number of carbonyl (C=O) groups excluding carboxylic acids is 1. The summed E-state index contributed by atoms with van der Waals surface area (Å²) >= 11 is 0. The van der Waals surface area contributed by atoms with Gasteiger partial charge in [0.05, 0.1) is 19.3 Å². The van der Waals surface area contributed by atoms with E-state index in [2.05, 4.69) is 5.32 Å². The Morgan fingerprint density at radius 3 is 2.88 bits per heavy atom. The van der Waals surface area contributed by atoms with Gasteiger partial charge in [-0.1, -0.05) is 19.4 Å². The van der Waals surface area contributed by atoms with Gasteiger partial charge in [-0.15, -0.1) is 0 Å². The molecule has 6 heteroatoms. The molecule has 1 aromatic carbocycles. The maximum absolute atomic E-state index is 13.5. The Bertz CT molecular complexity index is 581. The lowest BCUT2D eigenvalue weighted by atomic mass is 9.73. The molecule has 2 atom stereocenters. The standard InChI is InChI=1S/C18H27FN2O3/c1-3-7-18(12-22)8-9-21(10-16(18)23)11-17(24)20-15-6-4-5-14(19)13(15)2/h4-6,16,22-23H,3,7-12H2,1-2H3,(H,20,24)/t16-,18-/m1/s1. The van der Waals surface area contributed by atoms with Crippen LogP contribution in [0.4, 0.5) is 10.1 Å². The van der Waals surface area contributed by atoms with Gasteiger partial charge in [0.25, 0.3) is 0 Å². The summed E-state index contributed by atoms with van der Waals surface area (Å²) < 4.78 is 13.5. The molecule has 3 N–H and O–H groups in total. The summed E-state index contributed by atoms with van der Waals surface area (Å²) in [6.45, 7) is 4.76. The average molecular weight is 338 g/mol. The van der Waals surface area contributed by atoms with Crippen LogP contribution in [-0.2, 0) is 4.79 Å². The van der Waals surface area contributed by atoms with Crippen molar-refractivity contribution in [3.05, 3.63) is 29.6 Å². The van der Waals surface area contributed by atoms with Gasteiger partial charge in [-0.3, -0.25) is 9.69 Å². The third-order valence-electron chi connectivity index (χ3n) is 5.04. The minimum Gasteiger partial charge on any atom is -0.396 e. The van der Waals surface area contributed by atoms with Crippen molar-refractivity contribution in [2.45, 2.75) is 39.2 Å². The van der Waals surface area contributed by atoms with Crippen LogP contribution in [0.2, 0.25) is 0 Å². The summed E-state index contributed by atoms with van der Waals surface area (Å²) in [6.07, 6.45) is 1.68. The van der Waals surface area contributed by atoms with Gasteiger partial charge in [0.1, 0.15) is 5.82 Å². The Morgan fingerprint density at radius 1 is 1.50 bits per heavy atom. The van der Waals surface area contributed by atoms with Gasteiger partial charge in [0.2, 0.25) is 5.91 Å². The summed E-state index contributed by atoms with van der Waals surface area (Å²) in [7, 11) is 0. The van der Waals surface area contributed by atoms with Gasteiger partial charge in [0.15, 0.2) is 0 Å². The topological polar surface area (TPSA) is 72.8 Å². The fraction of sp³-hybridized carbons (Fsp3) is 0.611. The van der Waals surface area contributed by atoms with Crippen molar-refractivity contribution >= 4 is 11.6 Å². The van der Waals surface area contributed by atoms with E-state index >= 15 is 0 Å². The van der Waals surface area contributed by atoms with Gasteiger partial charge in [-0.2, -0.15) is 0 Å². The Hall–Kier alpha value is -1.50. The number of β-amino-alcohol motifs (C(OH)–C–C–N with tert-alkyl or cyclic N) is 1. The van der Waals surface area contributed by atoms with E-state index in [1.54, 1.807) is 19.1 Å². The molecule has 1 aliphatic rings. The predicted molar refractivity (Wildman–Crippen MR) is 91.3 cm³/mol. The first kappa shape index (κ1) is 18.8. The van der Waals surface area contributed by atoms with Gasteiger partial charge < -0.3 is 15.5 Å². The van der Waals surface area contributed by atoms with Crippen LogP contribution >= 0.6 is 0 Å². The van der Waals surface area contributed by atoms with Crippen LogP contribution in [0.5, 0.6) is 0 Å². The van der Waals surface area contributed by atoms with E-state index in [-0.39, 0.29) is 24.9 Å². The van der Waals surface area contributed by atoms with Gasteiger partial charge in [0, 0.05) is 23.2 Å². The first-order chi connectivity index (χ1) is 11.4. The second-order valence-corrected chi connectivity index (χ2v) is 6.73. The molecule has 1 amide bonds. The summed E-state index contributed by atoms with van der Waals surface area (Å²) in [5.74, 6) is -0.587. The Kier molecular flexibility index (Phi) is 6.32. The minimum atomic E-state index is -0.653. The number of aliphatic hydroxyl groups is 2. The zero-order valence-electron chi connectivity index (χ0n) is 14.4. The molecule has 1 aromatic rings. The maximum Gasteiger partial charge on any atom is 0.238 e. The highest BCUT2D eigenvalue weighted by atomic mass is 19.1. The molecule has 0 saturated carbocycles. The molecule has 1 saturated heterocycles. The number of halogens is 1. The maximum atomic E-state index is 13.5. The highest BCUT2D eigenvalue weighted by Gasteiger charge is 2.41. The molecule has 0 bridgehead atoms. The number of nitrogens with one attached hydrogen (secondary N) is 1. The SMILES string of the molecule is CCC[C@]1(CO)CCN(CC(=O)Nc2cccc(F)c2C)C[C@H]1O. The Morgan fingerprint density at radius 2 is 2.25 bits per heavy atom. The van der Waals surface area contributed by atoms with Gasteiger partial charge in [-0.25, -0.2) is 4.39 Å². The molecule has 134 valence electrons. The molecule has 1 aliphatic heterocycles. The van der Waals surface area contributed by atoms with E-state index in [0.717, 1.165) is 12.8 Å². The van der Waals surface area contributed by atoms with E-state index in [1.165, 1.54) is 6.07 Å². The molecule has 24 heavy (non-hydrogen) atoms. The first-order valence-electron chi connectivity index (χ1n) is 8.48. The smallest absolute Gasteiger partial charge is 0.238 e. The molecule has 1 fully saturated rings. The van der Waals surface area contributed by atoms with Crippen LogP contribution < -0.4 is 5.32 Å². The number of likely N-dealkylation sites (tertiary alicyclic amines) is 1. The van der Waals surface area contributed by atoms with Crippen LogP contribution in [0.15, 0.2) is 18.2 Å². The lowest BCUT2D eigenvalue weighted by molar-refractivity contribution is -0.121. The molecule has 0 radical (unpaired) electrons. The molecule has 0 aromatic heterocycles. The normalized spacial score (nSPS) is 24.8. The zero-order valence-corrected chi connectivity index (χ0v) is 14.4. The number of hydrogen-bond acceptors (Lipinski definition) is 4. The summed E-state index contributed by atoms with van der Waals surface area (Å²) in [5.41, 5.74) is 0.418. The molecular weight excluding hydrogens is 311 g/mol. The quantitative estimate of drug-likeness (QED) is 0.741. The van der Waals surface area contributed by atoms with Crippen LogP contribution in [0, 0.1) is 18.2 Å². The Labute approximate surface area is 142 Å². The number of rotatable bonds is 6. The van der Waals surface area contributed by atoms with E-state index in [9.17, 15) is 19.4 Å². The Balaban J connectivity index is 1.93. The van der Waals surface area contributed by atoms with Crippen molar-refractivity contribution in [2.24, 2.45) is 5.41 Å². The van der Waals surface area contributed by atoms with Crippen molar-refractivity contribution in [1.82, 2.24) is 4.90 Å². The number of amides is 1. The number of aliphatic hydroxyl groups excluding tert-OH is 2. The molecule has 2 rings (SSSR count). The molecule has 0 unspecified atom stereocenters. The van der Waals surface area contributed by atoms with Crippen LogP contribution in [0.1, 0.15) is 31.7 Å². The van der Waals surface area contributed by atoms with Crippen LogP contribution in [0.3, 0.4) is 0 Å². The second-order valence-electron chi connectivity index (χ2n) is 6.73. The number of piperidine rings is 1. The van der Waals surface area contributed by atoms with Crippen molar-refractivity contribution in [3.63, 3.8) is 0 Å². The van der Waals surface area contributed by atoms with Gasteiger partial charge in [-0.05, 0) is 38.4 Å². The van der Waals surface area contributed by atoms with Crippen molar-refractivity contribution in [3.8, 4) is 0 Å². The second kappa shape index (κ2) is 8.05. The molecule has 0 aliphatic carbocycles. The predicted octanol–water partition coefficient (Wildman–Crippen LogP) is 1.92. The van der Waals surface area contributed by atoms with Crippen molar-refractivity contribution in [2.75, 3.05) is 31.6 Å². The first-order valence-corrected chi connectivity index (χ1v) is 8.48. The van der Waals surface area contributed by atoms with E-state index in [4.69, 9.17) is 0 Å². The van der Waals surface area contributed by atoms with E-state index in [0.29, 0.717) is 30.8 Å². The summed E-state index contributed by atoms with van der Waals surface area (Å²) in [6, 6.07) is 4.58. The number of hydrogen-bond donors (Lipinski definition) is 3. The molecular formula is C18H27FN2O3. The van der Waals surface area contributed by atoms with E-state index < -0.39 is 11.5 Å². The number of benzene rings is 1. The minimum absolute atomic E-state index is 0.0372. The highest BCUT2D eigenvalue weighted by molar-refractivity contribution is 5.93. The fourth-order valence-electron chi connectivity index (χ4n) is 3.41. The van der Waals surface area contributed by atoms with Crippen LogP contribution in [-0.4, -0.2) is 53.4 Å². The lowest BCUT2D eigenvalue weighted by Gasteiger charge is -2.44. The fourth-order valence-corrected chi connectivity index (χ4v) is 3.41. The van der Waals surface area contributed by atoms with Crippen molar-refractivity contribution < 1.29 is 19.4 Å². The monoisotopic (exact) mass is 338 g/mol. The zero-order chi connectivity index (χ0) is 17.7. The number of carbonyl (C=O) groups is 1. The summed E-state index contributed by atoms with van der Waals surface area (Å²) in [4.78, 5) is 14.1. The van der Waals surface area contributed by atoms with Crippen molar-refractivity contribution in [1.29, 1.82) is 0 Å². The third-order valence-corrected chi connectivity index (χ3v) is 5.04.